The Kier molecular flexibility index (Phi) is 6.65. The standard InChI is InChI=1S/C25H26F2N4O3/c1-29-13-10-19(16-23(29)32)24(33)31(34)17-18-2-4-20(5-3-18)28-21-6-8-22(9-7-21)30-14-11-25(26,27)12-15-30/h2-10,13,16,28,34H,11-12,14-15,17H2,1H3. The number of anilines is 3. The van der Waals surface area contributed by atoms with Crippen LogP contribution in [-0.4, -0.2) is 39.8 Å². The highest BCUT2D eigenvalue weighted by Gasteiger charge is 2.33. The average molecular weight is 469 g/mol. The minimum absolute atomic E-state index is 0.0299. The molecule has 0 bridgehead atoms. The lowest BCUT2D eigenvalue weighted by Gasteiger charge is -2.33. The summed E-state index contributed by atoms with van der Waals surface area (Å²) >= 11 is 0. The smallest absolute Gasteiger partial charge is 0.277 e. The summed E-state index contributed by atoms with van der Waals surface area (Å²) in [6.07, 6.45) is 1.22. The molecule has 0 spiro atoms. The van der Waals surface area contributed by atoms with Crippen LogP contribution >= 0.6 is 0 Å². The third kappa shape index (κ3) is 5.60. The van der Waals surface area contributed by atoms with Crippen molar-refractivity contribution in [2.24, 2.45) is 7.05 Å². The molecule has 178 valence electrons. The second-order valence-corrected chi connectivity index (χ2v) is 8.44. The second-order valence-electron chi connectivity index (χ2n) is 8.44. The van der Waals surface area contributed by atoms with E-state index in [1.165, 1.54) is 22.9 Å². The molecule has 1 amide bonds. The van der Waals surface area contributed by atoms with Crippen LogP contribution in [0.5, 0.6) is 0 Å². The number of halogens is 2. The van der Waals surface area contributed by atoms with E-state index in [0.29, 0.717) is 23.7 Å². The summed E-state index contributed by atoms with van der Waals surface area (Å²) in [5, 5.41) is 14.0. The fourth-order valence-electron chi connectivity index (χ4n) is 3.78. The summed E-state index contributed by atoms with van der Waals surface area (Å²) in [5.74, 6) is -3.22. The number of aryl methyl sites for hydroxylation is 1. The van der Waals surface area contributed by atoms with Crippen molar-refractivity contribution >= 4 is 23.0 Å². The number of pyridine rings is 1. The van der Waals surface area contributed by atoms with Crippen molar-refractivity contribution < 1.29 is 18.8 Å². The summed E-state index contributed by atoms with van der Waals surface area (Å²) in [7, 11) is 1.58. The lowest BCUT2D eigenvalue weighted by molar-refractivity contribution is -0.0648. The average Bonchev–Trinajstić information content (AvgIpc) is 2.82. The molecule has 0 radical (unpaired) electrons. The minimum atomic E-state index is -2.56. The van der Waals surface area contributed by atoms with Gasteiger partial charge < -0.3 is 14.8 Å². The summed E-state index contributed by atoms with van der Waals surface area (Å²) in [5.41, 5.74) is 3.08. The van der Waals surface area contributed by atoms with Gasteiger partial charge >= 0.3 is 0 Å². The van der Waals surface area contributed by atoms with Crippen LogP contribution in [0.25, 0.3) is 0 Å². The predicted molar refractivity (Wildman–Crippen MR) is 126 cm³/mol. The van der Waals surface area contributed by atoms with E-state index >= 15 is 0 Å². The van der Waals surface area contributed by atoms with Crippen LogP contribution in [0, 0.1) is 0 Å². The van der Waals surface area contributed by atoms with Gasteiger partial charge in [-0.15, -0.1) is 0 Å². The number of alkyl halides is 2. The van der Waals surface area contributed by atoms with E-state index in [9.17, 15) is 23.6 Å². The van der Waals surface area contributed by atoms with Gasteiger partial charge in [0.1, 0.15) is 0 Å². The Labute approximate surface area is 195 Å². The highest BCUT2D eigenvalue weighted by Crippen LogP contribution is 2.31. The zero-order valence-electron chi connectivity index (χ0n) is 18.7. The number of carbonyl (C=O) groups is 1. The molecule has 2 N–H and O–H groups in total. The molecule has 4 rings (SSSR count). The van der Waals surface area contributed by atoms with E-state index in [-0.39, 0.29) is 30.5 Å². The number of aromatic nitrogens is 1. The molecule has 1 fully saturated rings. The van der Waals surface area contributed by atoms with Crippen LogP contribution in [0.3, 0.4) is 0 Å². The van der Waals surface area contributed by atoms with Crippen LogP contribution in [0.4, 0.5) is 25.8 Å². The van der Waals surface area contributed by atoms with E-state index < -0.39 is 11.8 Å². The van der Waals surface area contributed by atoms with Crippen LogP contribution in [-0.2, 0) is 13.6 Å². The predicted octanol–water partition coefficient (Wildman–Crippen LogP) is 4.40. The van der Waals surface area contributed by atoms with Crippen LogP contribution < -0.4 is 15.8 Å². The zero-order valence-corrected chi connectivity index (χ0v) is 18.7. The lowest BCUT2D eigenvalue weighted by atomic mass is 10.1. The topological polar surface area (TPSA) is 77.8 Å². The maximum atomic E-state index is 13.4. The number of piperidine rings is 1. The summed E-state index contributed by atoms with van der Waals surface area (Å²) in [4.78, 5) is 26.0. The van der Waals surface area contributed by atoms with Crippen molar-refractivity contribution in [3.63, 3.8) is 0 Å². The van der Waals surface area contributed by atoms with E-state index in [2.05, 4.69) is 5.32 Å². The molecule has 0 saturated carbocycles. The Morgan fingerprint density at radius 2 is 1.62 bits per heavy atom. The minimum Gasteiger partial charge on any atom is -0.371 e. The molecule has 0 unspecified atom stereocenters. The maximum Gasteiger partial charge on any atom is 0.277 e. The first-order valence-corrected chi connectivity index (χ1v) is 11.0. The molecule has 34 heavy (non-hydrogen) atoms. The molecular formula is C25H26F2N4O3. The highest BCUT2D eigenvalue weighted by molar-refractivity contribution is 5.93. The van der Waals surface area contributed by atoms with Crippen molar-refractivity contribution in [1.82, 2.24) is 9.63 Å². The molecule has 2 aromatic carbocycles. The van der Waals surface area contributed by atoms with Crippen LogP contribution in [0.1, 0.15) is 28.8 Å². The first kappa shape index (κ1) is 23.4. The van der Waals surface area contributed by atoms with Gasteiger partial charge in [0.05, 0.1) is 6.54 Å². The number of rotatable bonds is 6. The highest BCUT2D eigenvalue weighted by atomic mass is 19.3. The third-order valence-electron chi connectivity index (χ3n) is 5.89. The Balaban J connectivity index is 1.33. The normalized spacial score (nSPS) is 15.1. The number of hydrogen-bond acceptors (Lipinski definition) is 5. The van der Waals surface area contributed by atoms with Crippen molar-refractivity contribution in [2.45, 2.75) is 25.3 Å². The number of hydrogen-bond donors (Lipinski definition) is 2. The summed E-state index contributed by atoms with van der Waals surface area (Å²) in [6.45, 7) is 0.650. The van der Waals surface area contributed by atoms with Gasteiger partial charge in [0.2, 0.25) is 0 Å². The van der Waals surface area contributed by atoms with Gasteiger partial charge in [-0.25, -0.2) is 13.8 Å². The van der Waals surface area contributed by atoms with Gasteiger partial charge in [-0.3, -0.25) is 14.8 Å². The van der Waals surface area contributed by atoms with Gasteiger partial charge in [0.25, 0.3) is 17.4 Å². The van der Waals surface area contributed by atoms with Crippen LogP contribution in [0.15, 0.2) is 71.7 Å². The van der Waals surface area contributed by atoms with Gasteiger partial charge in [-0.1, -0.05) is 12.1 Å². The Morgan fingerprint density at radius 3 is 2.21 bits per heavy atom. The first-order valence-electron chi connectivity index (χ1n) is 11.0. The Bertz CT molecular complexity index is 1200. The fourth-order valence-corrected chi connectivity index (χ4v) is 3.78. The van der Waals surface area contributed by atoms with E-state index in [0.717, 1.165) is 17.1 Å². The lowest BCUT2D eigenvalue weighted by Crippen LogP contribution is -2.39. The number of amides is 1. The molecule has 0 atom stereocenters. The van der Waals surface area contributed by atoms with Crippen molar-refractivity contribution in [2.75, 3.05) is 23.3 Å². The summed E-state index contributed by atoms with van der Waals surface area (Å²) < 4.78 is 28.1. The molecule has 2 heterocycles. The molecule has 1 aliphatic rings. The van der Waals surface area contributed by atoms with Crippen molar-refractivity contribution in [3.05, 3.63) is 88.3 Å². The van der Waals surface area contributed by atoms with Crippen molar-refractivity contribution in [1.29, 1.82) is 0 Å². The molecule has 3 aromatic rings. The number of nitrogens with one attached hydrogen (secondary N) is 1. The molecule has 9 heteroatoms. The quantitative estimate of drug-likeness (QED) is 0.414. The molecule has 1 aliphatic heterocycles. The second kappa shape index (κ2) is 9.64. The molecule has 1 saturated heterocycles. The molecule has 1 aromatic heterocycles. The maximum absolute atomic E-state index is 13.4. The van der Waals surface area contributed by atoms with E-state index in [4.69, 9.17) is 0 Å². The first-order chi connectivity index (χ1) is 16.2. The largest absolute Gasteiger partial charge is 0.371 e. The van der Waals surface area contributed by atoms with Crippen molar-refractivity contribution in [3.8, 4) is 0 Å². The Morgan fingerprint density at radius 1 is 1.03 bits per heavy atom. The van der Waals surface area contributed by atoms with Crippen LogP contribution in [0.2, 0.25) is 0 Å². The van der Waals surface area contributed by atoms with Gasteiger partial charge in [-0.05, 0) is 48.0 Å². The van der Waals surface area contributed by atoms with Gasteiger partial charge in [-0.2, -0.15) is 0 Å². The Hall–Kier alpha value is -3.72. The summed E-state index contributed by atoms with van der Waals surface area (Å²) in [6, 6.07) is 17.5. The monoisotopic (exact) mass is 468 g/mol. The van der Waals surface area contributed by atoms with Gasteiger partial charge in [0.15, 0.2) is 0 Å². The molecule has 7 nitrogen and oxygen atoms in total. The third-order valence-corrected chi connectivity index (χ3v) is 5.89. The fraction of sp³-hybridized carbons (Fsp3) is 0.280. The van der Waals surface area contributed by atoms with E-state index in [1.807, 2.05) is 41.3 Å². The zero-order chi connectivity index (χ0) is 24.3. The van der Waals surface area contributed by atoms with E-state index in [1.54, 1.807) is 19.2 Å². The number of benzene rings is 2. The SMILES string of the molecule is Cn1ccc(C(=O)N(O)Cc2ccc(Nc3ccc(N4CCC(F)(F)CC4)cc3)cc2)cc1=O. The molecular weight excluding hydrogens is 442 g/mol. The molecule has 0 aliphatic carbocycles. The number of carbonyl (C=O) groups excluding carboxylic acids is 1. The number of hydroxylamine groups is 2. The van der Waals surface area contributed by atoms with Gasteiger partial charge in [0, 0.05) is 67.9 Å². The number of nitrogens with zero attached hydrogens (tertiary/aromatic N) is 3.